The number of rotatable bonds is 4. The maximum atomic E-state index is 10.9. The van der Waals surface area contributed by atoms with E-state index in [1.54, 1.807) is 0 Å². The fourth-order valence-electron chi connectivity index (χ4n) is 0.933. The highest BCUT2D eigenvalue weighted by molar-refractivity contribution is 5.90. The van der Waals surface area contributed by atoms with Gasteiger partial charge < -0.3 is 14.8 Å². The van der Waals surface area contributed by atoms with E-state index in [1.165, 1.54) is 0 Å². The third-order valence-corrected chi connectivity index (χ3v) is 1.55. The molecule has 0 saturated heterocycles. The van der Waals surface area contributed by atoms with Crippen LogP contribution in [0.5, 0.6) is 0 Å². The number of carboxylic acids is 1. The Morgan fingerprint density at radius 1 is 1.29 bits per heavy atom. The summed E-state index contributed by atoms with van der Waals surface area (Å²) in [6.07, 6.45) is 1.33. The number of ether oxygens (including phenoxy) is 1. The van der Waals surface area contributed by atoms with Crippen molar-refractivity contribution in [2.75, 3.05) is 0 Å². The lowest BCUT2D eigenvalue weighted by molar-refractivity contribution is -0.140. The van der Waals surface area contributed by atoms with Crippen molar-refractivity contribution in [3.63, 3.8) is 0 Å². The van der Waals surface area contributed by atoms with Gasteiger partial charge in [0, 0.05) is 18.2 Å². The molecule has 8 nitrogen and oxygen atoms in total. The number of esters is 1. The van der Waals surface area contributed by atoms with E-state index in [0.717, 1.165) is 6.07 Å². The van der Waals surface area contributed by atoms with Crippen LogP contribution >= 0.6 is 0 Å². The summed E-state index contributed by atoms with van der Waals surface area (Å²) in [4.78, 5) is 46.9. The maximum Gasteiger partial charge on any atom is 0.331 e. The van der Waals surface area contributed by atoms with Gasteiger partial charge in [-0.2, -0.15) is 0 Å². The zero-order valence-electron chi connectivity index (χ0n) is 8.43. The highest BCUT2D eigenvalue weighted by Crippen LogP contribution is 1.92. The van der Waals surface area contributed by atoms with E-state index >= 15 is 0 Å². The molecule has 0 aromatic carbocycles. The fourth-order valence-corrected chi connectivity index (χ4v) is 0.933. The summed E-state index contributed by atoms with van der Waals surface area (Å²) in [6, 6.07) is 1.05. The van der Waals surface area contributed by atoms with Crippen molar-refractivity contribution in [3.05, 3.63) is 44.8 Å². The van der Waals surface area contributed by atoms with Gasteiger partial charge in [0.05, 0.1) is 5.69 Å². The molecule has 0 aliphatic rings. The second kappa shape index (κ2) is 5.45. The highest BCUT2D eigenvalue weighted by atomic mass is 16.5. The van der Waals surface area contributed by atoms with Crippen molar-refractivity contribution in [3.8, 4) is 0 Å². The number of nitrogens with one attached hydrogen (secondary N) is 2. The zero-order chi connectivity index (χ0) is 12.8. The Morgan fingerprint density at radius 3 is 2.59 bits per heavy atom. The molecule has 1 aromatic heterocycles. The van der Waals surface area contributed by atoms with Gasteiger partial charge in [0.15, 0.2) is 0 Å². The van der Waals surface area contributed by atoms with Gasteiger partial charge in [0.25, 0.3) is 5.56 Å². The average molecular weight is 240 g/mol. The summed E-state index contributed by atoms with van der Waals surface area (Å²) in [5.41, 5.74) is -1.23. The highest BCUT2D eigenvalue weighted by Gasteiger charge is 2.01. The first-order valence-electron chi connectivity index (χ1n) is 4.37. The average Bonchev–Trinajstić information content (AvgIpc) is 2.22. The molecular formula is C9H8N2O6. The van der Waals surface area contributed by atoms with E-state index in [2.05, 4.69) is 9.72 Å². The van der Waals surface area contributed by atoms with Crippen molar-refractivity contribution < 1.29 is 19.4 Å². The molecule has 1 rings (SSSR count). The van der Waals surface area contributed by atoms with Crippen molar-refractivity contribution in [1.29, 1.82) is 0 Å². The summed E-state index contributed by atoms with van der Waals surface area (Å²) in [5.74, 6) is -2.18. The van der Waals surface area contributed by atoms with Gasteiger partial charge in [-0.15, -0.1) is 0 Å². The largest absolute Gasteiger partial charge is 0.478 e. The smallest absolute Gasteiger partial charge is 0.331 e. The standard InChI is InChI=1S/C9H8N2O6/c12-6-3-5(10-9(16)11-6)4-17-8(15)2-1-7(13)14/h1-3H,4H2,(H,13,14)(H2,10,11,12,16). The van der Waals surface area contributed by atoms with Gasteiger partial charge in [-0.25, -0.2) is 14.4 Å². The van der Waals surface area contributed by atoms with Gasteiger partial charge >= 0.3 is 17.6 Å². The van der Waals surface area contributed by atoms with Crippen LogP contribution in [0.25, 0.3) is 0 Å². The third-order valence-electron chi connectivity index (χ3n) is 1.55. The molecule has 90 valence electrons. The van der Waals surface area contributed by atoms with Crippen molar-refractivity contribution >= 4 is 11.9 Å². The summed E-state index contributed by atoms with van der Waals surface area (Å²) < 4.78 is 4.58. The number of hydrogen-bond donors (Lipinski definition) is 3. The SMILES string of the molecule is O=C(O)C=CC(=O)OCc1cc(=O)[nH]c(=O)[nH]1. The van der Waals surface area contributed by atoms with Crippen LogP contribution in [-0.4, -0.2) is 27.0 Å². The van der Waals surface area contributed by atoms with Crippen LogP contribution in [-0.2, 0) is 20.9 Å². The molecule has 0 saturated carbocycles. The molecule has 3 N–H and O–H groups in total. The lowest BCUT2D eigenvalue weighted by atomic mass is 10.4. The Balaban J connectivity index is 2.62. The monoisotopic (exact) mass is 240 g/mol. The number of aromatic amines is 2. The predicted octanol–water partition coefficient (Wildman–Crippen LogP) is -1.25. The van der Waals surface area contributed by atoms with E-state index in [4.69, 9.17) is 5.11 Å². The first kappa shape index (κ1) is 12.4. The minimum Gasteiger partial charge on any atom is -0.478 e. The van der Waals surface area contributed by atoms with Crippen LogP contribution in [0.4, 0.5) is 0 Å². The number of carbonyl (C=O) groups is 2. The Bertz CT molecular complexity index is 539. The number of hydrogen-bond acceptors (Lipinski definition) is 5. The molecule has 8 heteroatoms. The molecule has 0 unspecified atom stereocenters. The maximum absolute atomic E-state index is 10.9. The molecule has 0 aliphatic heterocycles. The van der Waals surface area contributed by atoms with E-state index < -0.39 is 23.2 Å². The number of H-pyrrole nitrogens is 2. The number of carbonyl (C=O) groups excluding carboxylic acids is 1. The van der Waals surface area contributed by atoms with Crippen LogP contribution < -0.4 is 11.2 Å². The number of carboxylic acid groups (broad SMARTS) is 1. The Kier molecular flexibility index (Phi) is 3.98. The molecule has 0 radical (unpaired) electrons. The van der Waals surface area contributed by atoms with Crippen LogP contribution in [0.15, 0.2) is 27.8 Å². The van der Waals surface area contributed by atoms with Crippen LogP contribution in [0.1, 0.15) is 5.69 Å². The molecule has 0 amide bonds. The minimum atomic E-state index is -1.29. The van der Waals surface area contributed by atoms with E-state index in [1.807, 2.05) is 4.98 Å². The molecule has 17 heavy (non-hydrogen) atoms. The van der Waals surface area contributed by atoms with E-state index in [-0.39, 0.29) is 12.3 Å². The Labute approximate surface area is 93.6 Å². The quantitative estimate of drug-likeness (QED) is 0.445. The van der Waals surface area contributed by atoms with E-state index in [9.17, 15) is 19.2 Å². The van der Waals surface area contributed by atoms with E-state index in [0.29, 0.717) is 12.2 Å². The lowest BCUT2D eigenvalue weighted by Crippen LogP contribution is -2.23. The molecular weight excluding hydrogens is 232 g/mol. The Morgan fingerprint density at radius 2 is 2.00 bits per heavy atom. The second-order valence-electron chi connectivity index (χ2n) is 2.89. The zero-order valence-corrected chi connectivity index (χ0v) is 8.43. The summed E-state index contributed by atoms with van der Waals surface area (Å²) in [5, 5.41) is 8.23. The second-order valence-corrected chi connectivity index (χ2v) is 2.89. The molecule has 1 aromatic rings. The normalized spacial score (nSPS) is 10.4. The minimum absolute atomic E-state index is 0.107. The molecule has 0 aliphatic carbocycles. The topological polar surface area (TPSA) is 129 Å². The third kappa shape index (κ3) is 4.60. The van der Waals surface area contributed by atoms with Gasteiger partial charge in [-0.1, -0.05) is 0 Å². The van der Waals surface area contributed by atoms with Crippen molar-refractivity contribution in [2.45, 2.75) is 6.61 Å². The lowest BCUT2D eigenvalue weighted by Gasteiger charge is -2.00. The van der Waals surface area contributed by atoms with Gasteiger partial charge in [-0.3, -0.25) is 9.78 Å². The van der Waals surface area contributed by atoms with Crippen LogP contribution in [0.2, 0.25) is 0 Å². The fraction of sp³-hybridized carbons (Fsp3) is 0.111. The summed E-state index contributed by atoms with van der Waals surface area (Å²) >= 11 is 0. The molecule has 0 atom stereocenters. The Hall–Kier alpha value is -2.64. The van der Waals surface area contributed by atoms with Crippen LogP contribution in [0, 0.1) is 0 Å². The molecule has 0 bridgehead atoms. The predicted molar refractivity (Wildman–Crippen MR) is 54.3 cm³/mol. The van der Waals surface area contributed by atoms with Gasteiger partial charge in [0.1, 0.15) is 6.61 Å². The molecule has 1 heterocycles. The first-order chi connectivity index (χ1) is 7.97. The van der Waals surface area contributed by atoms with Crippen LogP contribution in [0.3, 0.4) is 0 Å². The first-order valence-corrected chi connectivity index (χ1v) is 4.37. The molecule has 0 spiro atoms. The summed E-state index contributed by atoms with van der Waals surface area (Å²) in [7, 11) is 0. The van der Waals surface area contributed by atoms with Crippen molar-refractivity contribution in [1.82, 2.24) is 9.97 Å². The van der Waals surface area contributed by atoms with Crippen molar-refractivity contribution in [2.24, 2.45) is 0 Å². The summed E-state index contributed by atoms with van der Waals surface area (Å²) in [6.45, 7) is -0.331. The van der Waals surface area contributed by atoms with Gasteiger partial charge in [-0.05, 0) is 0 Å². The van der Waals surface area contributed by atoms with Gasteiger partial charge in [0.2, 0.25) is 0 Å². The molecule has 0 fully saturated rings. The number of aromatic nitrogens is 2. The number of aliphatic carboxylic acids is 1.